The molecule has 1 aromatic rings. The standard InChI is InChI=1S/C20H30N2O3S/c1-4-16-7-5-6-8-17(16)12-21-9-10-22(20(23)11-15(2)3)19-14-26(24,25)13-18(19)21/h5-8,15,18-19H,4,9-14H2,1-3H3/t18-,19+/m0/s1. The lowest BCUT2D eigenvalue weighted by Crippen LogP contribution is -2.60. The number of aryl methyl sites for hydroxylation is 1. The molecule has 0 aromatic heterocycles. The topological polar surface area (TPSA) is 57.7 Å². The number of rotatable bonds is 5. The molecule has 2 atom stereocenters. The maximum Gasteiger partial charge on any atom is 0.223 e. The van der Waals surface area contributed by atoms with Crippen molar-refractivity contribution in [2.24, 2.45) is 5.92 Å². The van der Waals surface area contributed by atoms with Crippen molar-refractivity contribution in [2.75, 3.05) is 24.6 Å². The van der Waals surface area contributed by atoms with E-state index < -0.39 is 9.84 Å². The third-order valence-corrected chi connectivity index (χ3v) is 7.27. The van der Waals surface area contributed by atoms with Crippen LogP contribution in [0.5, 0.6) is 0 Å². The van der Waals surface area contributed by atoms with E-state index in [1.165, 1.54) is 11.1 Å². The summed E-state index contributed by atoms with van der Waals surface area (Å²) in [7, 11) is -3.10. The Labute approximate surface area is 157 Å². The van der Waals surface area contributed by atoms with E-state index >= 15 is 0 Å². The predicted molar refractivity (Wildman–Crippen MR) is 104 cm³/mol. The van der Waals surface area contributed by atoms with Crippen LogP contribution in [0.3, 0.4) is 0 Å². The minimum Gasteiger partial charge on any atom is -0.336 e. The summed E-state index contributed by atoms with van der Waals surface area (Å²) in [6, 6.07) is 8.07. The summed E-state index contributed by atoms with van der Waals surface area (Å²) < 4.78 is 24.7. The minimum atomic E-state index is -3.10. The average molecular weight is 379 g/mol. The Morgan fingerprint density at radius 1 is 1.12 bits per heavy atom. The molecule has 2 aliphatic rings. The Hall–Kier alpha value is -1.40. The molecule has 0 bridgehead atoms. The first kappa shape index (κ1) is 19.4. The fraction of sp³-hybridized carbons (Fsp3) is 0.650. The van der Waals surface area contributed by atoms with Gasteiger partial charge in [0.1, 0.15) is 0 Å². The van der Waals surface area contributed by atoms with Gasteiger partial charge in [-0.15, -0.1) is 0 Å². The molecule has 1 aromatic carbocycles. The van der Waals surface area contributed by atoms with E-state index in [9.17, 15) is 13.2 Å². The molecule has 0 aliphatic carbocycles. The van der Waals surface area contributed by atoms with Crippen molar-refractivity contribution in [3.63, 3.8) is 0 Å². The summed E-state index contributed by atoms with van der Waals surface area (Å²) in [5.41, 5.74) is 2.57. The van der Waals surface area contributed by atoms with Crippen LogP contribution in [0, 0.1) is 5.92 Å². The zero-order valence-electron chi connectivity index (χ0n) is 16.0. The van der Waals surface area contributed by atoms with Gasteiger partial charge in [0.25, 0.3) is 0 Å². The fourth-order valence-electron chi connectivity index (χ4n) is 4.27. The number of fused-ring (bicyclic) bond motifs is 1. The molecule has 0 unspecified atom stereocenters. The minimum absolute atomic E-state index is 0.0882. The summed E-state index contributed by atoms with van der Waals surface area (Å²) in [6.07, 6.45) is 1.46. The largest absolute Gasteiger partial charge is 0.336 e. The molecule has 0 spiro atoms. The first-order chi connectivity index (χ1) is 12.3. The number of hydrogen-bond acceptors (Lipinski definition) is 4. The molecule has 2 saturated heterocycles. The first-order valence-electron chi connectivity index (χ1n) is 9.61. The molecule has 5 nitrogen and oxygen atoms in total. The second kappa shape index (κ2) is 7.69. The van der Waals surface area contributed by atoms with E-state index in [1.807, 2.05) is 30.9 Å². The molecule has 144 valence electrons. The lowest BCUT2D eigenvalue weighted by Gasteiger charge is -2.44. The van der Waals surface area contributed by atoms with Crippen molar-refractivity contribution in [1.29, 1.82) is 0 Å². The van der Waals surface area contributed by atoms with Gasteiger partial charge >= 0.3 is 0 Å². The SMILES string of the molecule is CCc1ccccc1CN1CCN(C(=O)CC(C)C)[C@@H]2CS(=O)(=O)C[C@@H]21. The van der Waals surface area contributed by atoms with E-state index in [4.69, 9.17) is 0 Å². The van der Waals surface area contributed by atoms with Gasteiger partial charge in [0, 0.05) is 32.1 Å². The van der Waals surface area contributed by atoms with Crippen LogP contribution in [0.4, 0.5) is 0 Å². The second-order valence-electron chi connectivity index (χ2n) is 7.99. The summed E-state index contributed by atoms with van der Waals surface area (Å²) in [5.74, 6) is 0.652. The number of carbonyl (C=O) groups excluding carboxylic acids is 1. The zero-order valence-corrected chi connectivity index (χ0v) is 16.8. The molecule has 2 heterocycles. The Kier molecular flexibility index (Phi) is 5.72. The van der Waals surface area contributed by atoms with Gasteiger partial charge in [-0.2, -0.15) is 0 Å². The summed E-state index contributed by atoms with van der Waals surface area (Å²) in [5, 5.41) is 0. The molecule has 26 heavy (non-hydrogen) atoms. The number of amides is 1. The highest BCUT2D eigenvalue weighted by atomic mass is 32.2. The van der Waals surface area contributed by atoms with E-state index in [0.717, 1.165) is 19.5 Å². The van der Waals surface area contributed by atoms with Gasteiger partial charge < -0.3 is 4.90 Å². The molecule has 2 fully saturated rings. The molecule has 2 aliphatic heterocycles. The van der Waals surface area contributed by atoms with Gasteiger partial charge in [-0.25, -0.2) is 8.42 Å². The Morgan fingerprint density at radius 2 is 1.77 bits per heavy atom. The van der Waals surface area contributed by atoms with Gasteiger partial charge in [0.05, 0.1) is 17.5 Å². The Morgan fingerprint density at radius 3 is 2.42 bits per heavy atom. The number of carbonyl (C=O) groups is 1. The van der Waals surface area contributed by atoms with E-state index in [1.54, 1.807) is 0 Å². The van der Waals surface area contributed by atoms with Crippen LogP contribution in [0.25, 0.3) is 0 Å². The molecule has 0 N–H and O–H groups in total. The Bertz CT molecular complexity index is 760. The third-order valence-electron chi connectivity index (χ3n) is 5.57. The lowest BCUT2D eigenvalue weighted by atomic mass is 9.99. The highest BCUT2D eigenvalue weighted by Gasteiger charge is 2.47. The van der Waals surface area contributed by atoms with Gasteiger partial charge in [-0.05, 0) is 23.5 Å². The molecule has 3 rings (SSSR count). The van der Waals surface area contributed by atoms with E-state index in [-0.39, 0.29) is 35.4 Å². The van der Waals surface area contributed by atoms with Crippen LogP contribution in [0.2, 0.25) is 0 Å². The van der Waals surface area contributed by atoms with E-state index in [2.05, 4.69) is 24.0 Å². The predicted octanol–water partition coefficient (Wildman–Crippen LogP) is 2.10. The smallest absolute Gasteiger partial charge is 0.223 e. The normalized spacial score (nSPS) is 25.5. The van der Waals surface area contributed by atoms with Crippen LogP contribution >= 0.6 is 0 Å². The number of sulfone groups is 1. The summed E-state index contributed by atoms with van der Waals surface area (Å²) in [6.45, 7) is 8.31. The van der Waals surface area contributed by atoms with Crippen molar-refractivity contribution in [3.8, 4) is 0 Å². The van der Waals surface area contributed by atoms with Crippen molar-refractivity contribution in [3.05, 3.63) is 35.4 Å². The summed E-state index contributed by atoms with van der Waals surface area (Å²) >= 11 is 0. The lowest BCUT2D eigenvalue weighted by molar-refractivity contribution is -0.137. The number of nitrogens with zero attached hydrogens (tertiary/aromatic N) is 2. The highest BCUT2D eigenvalue weighted by molar-refractivity contribution is 7.91. The Balaban J connectivity index is 1.81. The van der Waals surface area contributed by atoms with Gasteiger partial charge in [-0.3, -0.25) is 9.69 Å². The zero-order chi connectivity index (χ0) is 18.9. The monoisotopic (exact) mass is 378 g/mol. The number of benzene rings is 1. The molecular formula is C20H30N2O3S. The molecule has 0 saturated carbocycles. The first-order valence-corrected chi connectivity index (χ1v) is 11.4. The molecule has 1 amide bonds. The maximum absolute atomic E-state index is 12.6. The number of hydrogen-bond donors (Lipinski definition) is 0. The fourth-order valence-corrected chi connectivity index (χ4v) is 6.28. The van der Waals surface area contributed by atoms with Crippen LogP contribution in [-0.2, 0) is 27.6 Å². The van der Waals surface area contributed by atoms with Crippen LogP contribution < -0.4 is 0 Å². The average Bonchev–Trinajstić information content (AvgIpc) is 2.90. The molecular weight excluding hydrogens is 348 g/mol. The van der Waals surface area contributed by atoms with Crippen molar-refractivity contribution in [1.82, 2.24) is 9.80 Å². The number of piperazine rings is 1. The quantitative estimate of drug-likeness (QED) is 0.787. The maximum atomic E-state index is 12.6. The van der Waals surface area contributed by atoms with Gasteiger partial charge in [-0.1, -0.05) is 45.0 Å². The van der Waals surface area contributed by atoms with E-state index in [0.29, 0.717) is 13.0 Å². The van der Waals surface area contributed by atoms with Crippen LogP contribution in [0.1, 0.15) is 38.3 Å². The van der Waals surface area contributed by atoms with Crippen molar-refractivity contribution < 1.29 is 13.2 Å². The van der Waals surface area contributed by atoms with Crippen LogP contribution in [-0.4, -0.2) is 60.8 Å². The molecule has 6 heteroatoms. The summed E-state index contributed by atoms with van der Waals surface area (Å²) in [4.78, 5) is 16.8. The van der Waals surface area contributed by atoms with Gasteiger partial charge in [0.2, 0.25) is 5.91 Å². The van der Waals surface area contributed by atoms with Gasteiger partial charge in [0.15, 0.2) is 9.84 Å². The highest BCUT2D eigenvalue weighted by Crippen LogP contribution is 2.29. The second-order valence-corrected chi connectivity index (χ2v) is 10.1. The van der Waals surface area contributed by atoms with Crippen molar-refractivity contribution in [2.45, 2.75) is 52.2 Å². The third kappa shape index (κ3) is 4.12. The van der Waals surface area contributed by atoms with Crippen LogP contribution in [0.15, 0.2) is 24.3 Å². The molecule has 0 radical (unpaired) electrons. The van der Waals surface area contributed by atoms with Crippen molar-refractivity contribution >= 4 is 15.7 Å².